The number of amides is 1. The standard InChI is InChI=1S/C23H33N5O5/c1-24-8-12-26(13-9-24)22(31)18-20(29)21(30)19(23(32)27-14-10-25(2)11-15-27)28(18)16-4-6-17(33-3)7-5-16/h4-7,22,29-31H,8-15H2,1-3H3. The van der Waals surface area contributed by atoms with E-state index in [1.54, 1.807) is 36.3 Å². The van der Waals surface area contributed by atoms with Crippen molar-refractivity contribution in [2.45, 2.75) is 6.23 Å². The highest BCUT2D eigenvalue weighted by molar-refractivity contribution is 5.97. The number of nitrogens with zero attached hydrogens (tertiary/aromatic N) is 5. The zero-order chi connectivity index (χ0) is 23.7. The predicted molar refractivity (Wildman–Crippen MR) is 123 cm³/mol. The maximum Gasteiger partial charge on any atom is 0.274 e. The van der Waals surface area contributed by atoms with E-state index in [2.05, 4.69) is 9.80 Å². The van der Waals surface area contributed by atoms with E-state index in [0.717, 1.165) is 26.2 Å². The summed E-state index contributed by atoms with van der Waals surface area (Å²) in [5, 5.41) is 33.1. The molecule has 3 N–H and O–H groups in total. The van der Waals surface area contributed by atoms with Crippen LogP contribution in [0.15, 0.2) is 24.3 Å². The minimum absolute atomic E-state index is 0.0506. The quantitative estimate of drug-likeness (QED) is 0.595. The van der Waals surface area contributed by atoms with Crippen LogP contribution < -0.4 is 4.74 Å². The number of aromatic nitrogens is 1. The van der Waals surface area contributed by atoms with E-state index in [0.29, 0.717) is 37.6 Å². The normalized spacial score (nSPS) is 19.6. The number of aliphatic hydroxyl groups is 1. The maximum atomic E-state index is 13.5. The zero-order valence-electron chi connectivity index (χ0n) is 19.4. The van der Waals surface area contributed by atoms with E-state index in [4.69, 9.17) is 4.74 Å². The van der Waals surface area contributed by atoms with Crippen LogP contribution in [0.2, 0.25) is 0 Å². The van der Waals surface area contributed by atoms with Crippen molar-refractivity contribution in [3.63, 3.8) is 0 Å². The first-order valence-corrected chi connectivity index (χ1v) is 11.2. The van der Waals surface area contributed by atoms with Crippen molar-refractivity contribution in [2.75, 3.05) is 73.6 Å². The molecule has 1 unspecified atom stereocenters. The fraction of sp³-hybridized carbons (Fsp3) is 0.522. The summed E-state index contributed by atoms with van der Waals surface area (Å²) in [7, 11) is 5.57. The Balaban J connectivity index is 1.80. The van der Waals surface area contributed by atoms with Gasteiger partial charge in [-0.1, -0.05) is 0 Å². The Morgan fingerprint density at radius 3 is 1.97 bits per heavy atom. The van der Waals surface area contributed by atoms with Crippen LogP contribution in [-0.4, -0.2) is 119 Å². The van der Waals surface area contributed by atoms with Crippen LogP contribution in [0, 0.1) is 0 Å². The molecule has 0 aliphatic carbocycles. The number of piperazine rings is 2. The highest BCUT2D eigenvalue weighted by Gasteiger charge is 2.36. The van der Waals surface area contributed by atoms with Gasteiger partial charge in [0.1, 0.15) is 11.4 Å². The van der Waals surface area contributed by atoms with E-state index in [-0.39, 0.29) is 17.3 Å². The number of carbonyl (C=O) groups is 1. The van der Waals surface area contributed by atoms with Gasteiger partial charge in [-0.05, 0) is 38.4 Å². The van der Waals surface area contributed by atoms with Crippen LogP contribution in [0.1, 0.15) is 22.4 Å². The summed E-state index contributed by atoms with van der Waals surface area (Å²) in [6.07, 6.45) is -1.19. The number of hydrogen-bond donors (Lipinski definition) is 3. The molecule has 33 heavy (non-hydrogen) atoms. The topological polar surface area (TPSA) is 105 Å². The van der Waals surface area contributed by atoms with Gasteiger partial charge in [0.2, 0.25) is 0 Å². The summed E-state index contributed by atoms with van der Waals surface area (Å²) in [5.41, 5.74) is 0.567. The minimum Gasteiger partial charge on any atom is -0.503 e. The van der Waals surface area contributed by atoms with Crippen LogP contribution in [0.25, 0.3) is 5.69 Å². The Hall–Kier alpha value is -2.79. The summed E-state index contributed by atoms with van der Waals surface area (Å²) in [6.45, 7) is 5.18. The van der Waals surface area contributed by atoms with Crippen molar-refractivity contribution in [3.8, 4) is 22.9 Å². The fourth-order valence-corrected chi connectivity index (χ4v) is 4.40. The molecular formula is C23H33N5O5. The fourth-order valence-electron chi connectivity index (χ4n) is 4.40. The molecule has 0 spiro atoms. The molecule has 0 bridgehead atoms. The van der Waals surface area contributed by atoms with Crippen LogP contribution in [-0.2, 0) is 0 Å². The third kappa shape index (κ3) is 4.51. The van der Waals surface area contributed by atoms with Crippen LogP contribution in [0.3, 0.4) is 0 Å². The number of rotatable bonds is 5. The Morgan fingerprint density at radius 1 is 0.879 bits per heavy atom. The molecule has 0 saturated carbocycles. The molecule has 10 heteroatoms. The molecule has 4 rings (SSSR count). The molecule has 2 aliphatic heterocycles. The Morgan fingerprint density at radius 2 is 1.42 bits per heavy atom. The first-order chi connectivity index (χ1) is 15.8. The molecule has 1 aromatic heterocycles. The van der Waals surface area contributed by atoms with E-state index < -0.39 is 17.7 Å². The highest BCUT2D eigenvalue weighted by atomic mass is 16.5. The van der Waals surface area contributed by atoms with Gasteiger partial charge in [0.05, 0.1) is 7.11 Å². The average molecular weight is 460 g/mol. The molecule has 180 valence electrons. The summed E-state index contributed by atoms with van der Waals surface area (Å²) in [4.78, 5) is 21.3. The first kappa shape index (κ1) is 23.4. The van der Waals surface area contributed by atoms with Gasteiger partial charge in [0, 0.05) is 58.0 Å². The van der Waals surface area contributed by atoms with E-state index in [1.165, 1.54) is 4.57 Å². The Bertz CT molecular complexity index is 976. The van der Waals surface area contributed by atoms with Gasteiger partial charge in [0.25, 0.3) is 5.91 Å². The summed E-state index contributed by atoms with van der Waals surface area (Å²) in [6, 6.07) is 6.94. The van der Waals surface area contributed by atoms with Crippen molar-refractivity contribution in [1.82, 2.24) is 24.2 Å². The van der Waals surface area contributed by atoms with Crippen LogP contribution in [0.4, 0.5) is 0 Å². The number of aromatic hydroxyl groups is 2. The molecule has 3 heterocycles. The summed E-state index contributed by atoms with van der Waals surface area (Å²) >= 11 is 0. The van der Waals surface area contributed by atoms with Gasteiger partial charge in [-0.25, -0.2) is 0 Å². The molecule has 10 nitrogen and oxygen atoms in total. The maximum absolute atomic E-state index is 13.5. The van der Waals surface area contributed by atoms with Gasteiger partial charge >= 0.3 is 0 Å². The van der Waals surface area contributed by atoms with E-state index >= 15 is 0 Å². The molecule has 1 aromatic carbocycles. The second kappa shape index (κ2) is 9.60. The van der Waals surface area contributed by atoms with Crippen LogP contribution in [0.5, 0.6) is 17.2 Å². The van der Waals surface area contributed by atoms with E-state index in [1.807, 2.05) is 19.0 Å². The molecule has 2 aromatic rings. The molecule has 1 atom stereocenters. The van der Waals surface area contributed by atoms with Gasteiger partial charge in [0.15, 0.2) is 23.4 Å². The van der Waals surface area contributed by atoms with Gasteiger partial charge in [-0.2, -0.15) is 0 Å². The first-order valence-electron chi connectivity index (χ1n) is 11.2. The predicted octanol–water partition coefficient (Wildman–Crippen LogP) is 0.523. The number of ether oxygens (including phenoxy) is 1. The average Bonchev–Trinajstić information content (AvgIpc) is 3.09. The summed E-state index contributed by atoms with van der Waals surface area (Å²) in [5.74, 6) is -0.747. The van der Waals surface area contributed by atoms with Crippen LogP contribution >= 0.6 is 0 Å². The number of aliphatic hydroxyl groups excluding tert-OH is 1. The minimum atomic E-state index is -1.19. The van der Waals surface area contributed by atoms with Crippen molar-refractivity contribution in [3.05, 3.63) is 35.7 Å². The molecule has 1 amide bonds. The number of likely N-dealkylation sites (N-methyl/N-ethyl adjacent to an activating group) is 2. The van der Waals surface area contributed by atoms with Crippen molar-refractivity contribution >= 4 is 5.91 Å². The third-order valence-electron chi connectivity index (χ3n) is 6.61. The lowest BCUT2D eigenvalue weighted by molar-refractivity contribution is -0.0282. The Labute approximate surface area is 193 Å². The Kier molecular flexibility index (Phi) is 6.80. The number of carbonyl (C=O) groups excluding carboxylic acids is 1. The lowest BCUT2D eigenvalue weighted by atomic mass is 10.2. The lowest BCUT2D eigenvalue weighted by Gasteiger charge is -2.36. The molecule has 2 aliphatic rings. The van der Waals surface area contributed by atoms with Crippen molar-refractivity contribution < 1.29 is 24.9 Å². The molecule has 2 fully saturated rings. The lowest BCUT2D eigenvalue weighted by Crippen LogP contribution is -2.47. The number of methoxy groups -OCH3 is 1. The van der Waals surface area contributed by atoms with Gasteiger partial charge in [-0.3, -0.25) is 14.3 Å². The zero-order valence-corrected chi connectivity index (χ0v) is 19.4. The molecule has 2 saturated heterocycles. The summed E-state index contributed by atoms with van der Waals surface area (Å²) < 4.78 is 6.73. The molecular weight excluding hydrogens is 426 g/mol. The largest absolute Gasteiger partial charge is 0.503 e. The number of hydrogen-bond acceptors (Lipinski definition) is 8. The van der Waals surface area contributed by atoms with Crippen molar-refractivity contribution in [2.24, 2.45) is 0 Å². The van der Waals surface area contributed by atoms with Crippen molar-refractivity contribution in [1.29, 1.82) is 0 Å². The van der Waals surface area contributed by atoms with Gasteiger partial charge in [-0.15, -0.1) is 0 Å². The molecule has 0 radical (unpaired) electrons. The second-order valence-corrected chi connectivity index (χ2v) is 8.77. The van der Waals surface area contributed by atoms with Gasteiger partial charge < -0.3 is 34.8 Å². The highest BCUT2D eigenvalue weighted by Crippen LogP contribution is 2.43. The smallest absolute Gasteiger partial charge is 0.274 e. The monoisotopic (exact) mass is 459 g/mol. The second-order valence-electron chi connectivity index (χ2n) is 8.77. The SMILES string of the molecule is COc1ccc(-n2c(C(=O)N3CCN(C)CC3)c(O)c(O)c2C(O)N2CCN(C)CC2)cc1. The number of benzene rings is 1. The third-order valence-corrected chi connectivity index (χ3v) is 6.61. The van der Waals surface area contributed by atoms with E-state index in [9.17, 15) is 20.1 Å².